The van der Waals surface area contributed by atoms with E-state index in [1.165, 1.54) is 13.2 Å². The summed E-state index contributed by atoms with van der Waals surface area (Å²) >= 11 is 5.59. The minimum Gasteiger partial charge on any atom is -0.496 e. The van der Waals surface area contributed by atoms with Gasteiger partial charge in [0.15, 0.2) is 0 Å². The fraction of sp³-hybridized carbons (Fsp3) is 0.333. The maximum absolute atomic E-state index is 12.4. The van der Waals surface area contributed by atoms with Gasteiger partial charge in [-0.1, -0.05) is 11.6 Å². The summed E-state index contributed by atoms with van der Waals surface area (Å²) in [5.74, 6) is -0.209. The largest absolute Gasteiger partial charge is 0.496 e. The SMILES string of the molecule is COc1cc(C)c(Cl)cc1C(F)(F)F. The molecule has 0 atom stereocenters. The Hall–Kier alpha value is -0.900. The molecule has 1 rings (SSSR count). The van der Waals surface area contributed by atoms with Gasteiger partial charge in [-0.2, -0.15) is 13.2 Å². The molecule has 0 N–H and O–H groups in total. The molecule has 0 saturated heterocycles. The zero-order chi connectivity index (χ0) is 10.9. The minimum atomic E-state index is -4.44. The van der Waals surface area contributed by atoms with Crippen LogP contribution in [0.25, 0.3) is 0 Å². The quantitative estimate of drug-likeness (QED) is 0.707. The van der Waals surface area contributed by atoms with Gasteiger partial charge in [0.05, 0.1) is 12.7 Å². The molecule has 14 heavy (non-hydrogen) atoms. The first kappa shape index (κ1) is 11.2. The van der Waals surface area contributed by atoms with Crippen LogP contribution in [-0.2, 0) is 6.18 Å². The highest BCUT2D eigenvalue weighted by Gasteiger charge is 2.34. The molecule has 0 fully saturated rings. The van der Waals surface area contributed by atoms with Gasteiger partial charge in [0.2, 0.25) is 0 Å². The first-order valence-corrected chi connectivity index (χ1v) is 4.15. The van der Waals surface area contributed by atoms with E-state index in [2.05, 4.69) is 4.74 Å². The molecule has 0 aliphatic heterocycles. The molecular weight excluding hydrogens is 217 g/mol. The second-order valence-corrected chi connectivity index (χ2v) is 3.21. The van der Waals surface area contributed by atoms with Crippen molar-refractivity contribution in [3.8, 4) is 5.75 Å². The van der Waals surface area contributed by atoms with E-state index in [4.69, 9.17) is 11.6 Å². The molecule has 5 heteroatoms. The second-order valence-electron chi connectivity index (χ2n) is 2.80. The van der Waals surface area contributed by atoms with E-state index in [9.17, 15) is 13.2 Å². The van der Waals surface area contributed by atoms with Crippen molar-refractivity contribution in [3.63, 3.8) is 0 Å². The Labute approximate surface area is 84.4 Å². The van der Waals surface area contributed by atoms with Crippen LogP contribution in [0.2, 0.25) is 5.02 Å². The van der Waals surface area contributed by atoms with Crippen molar-refractivity contribution in [3.05, 3.63) is 28.3 Å². The van der Waals surface area contributed by atoms with Gasteiger partial charge in [-0.3, -0.25) is 0 Å². The highest BCUT2D eigenvalue weighted by molar-refractivity contribution is 6.31. The van der Waals surface area contributed by atoms with Gasteiger partial charge >= 0.3 is 6.18 Å². The average molecular weight is 225 g/mol. The summed E-state index contributed by atoms with van der Waals surface area (Å²) in [5, 5.41) is 0.0816. The molecule has 1 aromatic rings. The lowest BCUT2D eigenvalue weighted by Crippen LogP contribution is -2.07. The van der Waals surface area contributed by atoms with Crippen LogP contribution in [0.3, 0.4) is 0 Å². The van der Waals surface area contributed by atoms with Crippen LogP contribution in [0, 0.1) is 6.92 Å². The number of alkyl halides is 3. The summed E-state index contributed by atoms with van der Waals surface area (Å²) in [6, 6.07) is 2.14. The second kappa shape index (κ2) is 3.69. The van der Waals surface area contributed by atoms with E-state index in [-0.39, 0.29) is 10.8 Å². The van der Waals surface area contributed by atoms with Gasteiger partial charge in [-0.25, -0.2) is 0 Å². The van der Waals surface area contributed by atoms with Crippen LogP contribution in [0.5, 0.6) is 5.75 Å². The number of rotatable bonds is 1. The van der Waals surface area contributed by atoms with Crippen molar-refractivity contribution in [2.24, 2.45) is 0 Å². The molecule has 0 aromatic heterocycles. The molecule has 1 aromatic carbocycles. The third-order valence-corrected chi connectivity index (χ3v) is 2.19. The molecule has 0 aliphatic rings. The third kappa shape index (κ3) is 2.12. The fourth-order valence-electron chi connectivity index (χ4n) is 1.05. The molecule has 0 unspecified atom stereocenters. The van der Waals surface area contributed by atoms with E-state index in [0.717, 1.165) is 6.07 Å². The molecule has 0 aliphatic carbocycles. The number of aryl methyl sites for hydroxylation is 1. The van der Waals surface area contributed by atoms with Crippen LogP contribution < -0.4 is 4.74 Å². The Balaban J connectivity index is 3.35. The Morgan fingerprint density at radius 3 is 2.29 bits per heavy atom. The number of benzene rings is 1. The molecule has 1 nitrogen and oxygen atoms in total. The molecule has 0 heterocycles. The predicted molar refractivity (Wildman–Crippen MR) is 47.7 cm³/mol. The first-order valence-electron chi connectivity index (χ1n) is 3.77. The Morgan fingerprint density at radius 2 is 1.86 bits per heavy atom. The number of hydrogen-bond donors (Lipinski definition) is 0. The highest BCUT2D eigenvalue weighted by Crippen LogP contribution is 2.38. The molecular formula is C9H8ClF3O. The van der Waals surface area contributed by atoms with Crippen molar-refractivity contribution >= 4 is 11.6 Å². The maximum atomic E-state index is 12.4. The normalized spacial score (nSPS) is 11.6. The van der Waals surface area contributed by atoms with E-state index in [1.807, 2.05) is 0 Å². The van der Waals surface area contributed by atoms with Crippen LogP contribution in [0.4, 0.5) is 13.2 Å². The standard InChI is InChI=1S/C9H8ClF3O/c1-5-3-8(14-2)6(4-7(5)10)9(11,12)13/h3-4H,1-2H3. The summed E-state index contributed by atoms with van der Waals surface area (Å²) in [5.41, 5.74) is -0.299. The van der Waals surface area contributed by atoms with E-state index >= 15 is 0 Å². The molecule has 0 spiro atoms. The Morgan fingerprint density at radius 1 is 1.29 bits per heavy atom. The zero-order valence-electron chi connectivity index (χ0n) is 7.57. The Kier molecular flexibility index (Phi) is 2.95. The van der Waals surface area contributed by atoms with Crippen molar-refractivity contribution < 1.29 is 17.9 Å². The summed E-state index contributed by atoms with van der Waals surface area (Å²) in [4.78, 5) is 0. The van der Waals surface area contributed by atoms with Crippen LogP contribution >= 0.6 is 11.6 Å². The van der Waals surface area contributed by atoms with Crippen molar-refractivity contribution in [1.29, 1.82) is 0 Å². The lowest BCUT2D eigenvalue weighted by molar-refractivity contribution is -0.138. The van der Waals surface area contributed by atoms with Crippen LogP contribution in [0.1, 0.15) is 11.1 Å². The predicted octanol–water partition coefficient (Wildman–Crippen LogP) is 3.68. The monoisotopic (exact) mass is 224 g/mol. The van der Waals surface area contributed by atoms with Crippen LogP contribution in [-0.4, -0.2) is 7.11 Å². The third-order valence-electron chi connectivity index (χ3n) is 1.79. The molecule has 78 valence electrons. The molecule has 0 bridgehead atoms. The van der Waals surface area contributed by atoms with E-state index in [0.29, 0.717) is 5.56 Å². The maximum Gasteiger partial charge on any atom is 0.420 e. The van der Waals surface area contributed by atoms with Crippen molar-refractivity contribution in [1.82, 2.24) is 0 Å². The number of methoxy groups -OCH3 is 1. The van der Waals surface area contributed by atoms with Crippen LogP contribution in [0.15, 0.2) is 12.1 Å². The van der Waals surface area contributed by atoms with Crippen molar-refractivity contribution in [2.45, 2.75) is 13.1 Å². The highest BCUT2D eigenvalue weighted by atomic mass is 35.5. The summed E-state index contributed by atoms with van der Waals surface area (Å²) < 4.78 is 41.9. The number of hydrogen-bond acceptors (Lipinski definition) is 1. The minimum absolute atomic E-state index is 0.0816. The fourth-order valence-corrected chi connectivity index (χ4v) is 1.21. The topological polar surface area (TPSA) is 9.23 Å². The summed E-state index contributed by atoms with van der Waals surface area (Å²) in [6.07, 6.45) is -4.44. The van der Waals surface area contributed by atoms with E-state index in [1.54, 1.807) is 6.92 Å². The molecule has 0 amide bonds. The van der Waals surface area contributed by atoms with Gasteiger partial charge in [0.25, 0.3) is 0 Å². The van der Waals surface area contributed by atoms with Gasteiger partial charge in [0.1, 0.15) is 5.75 Å². The average Bonchev–Trinajstić information content (AvgIpc) is 2.07. The van der Waals surface area contributed by atoms with Gasteiger partial charge in [0, 0.05) is 5.02 Å². The lowest BCUT2D eigenvalue weighted by atomic mass is 10.1. The first-order chi connectivity index (χ1) is 6.36. The lowest BCUT2D eigenvalue weighted by Gasteiger charge is -2.13. The zero-order valence-corrected chi connectivity index (χ0v) is 8.33. The van der Waals surface area contributed by atoms with E-state index < -0.39 is 11.7 Å². The van der Waals surface area contributed by atoms with Gasteiger partial charge < -0.3 is 4.74 Å². The van der Waals surface area contributed by atoms with Gasteiger partial charge in [-0.15, -0.1) is 0 Å². The smallest absolute Gasteiger partial charge is 0.420 e. The van der Waals surface area contributed by atoms with Gasteiger partial charge in [-0.05, 0) is 24.6 Å². The summed E-state index contributed by atoms with van der Waals surface area (Å²) in [7, 11) is 1.19. The number of halogens is 4. The van der Waals surface area contributed by atoms with Crippen molar-refractivity contribution in [2.75, 3.05) is 7.11 Å². The summed E-state index contributed by atoms with van der Waals surface area (Å²) in [6.45, 7) is 1.62. The number of ether oxygens (including phenoxy) is 1. The Bertz CT molecular complexity index is 347. The molecule has 0 radical (unpaired) electrons. The molecule has 0 saturated carbocycles.